The molecule has 6 heteroatoms. The second-order valence-electron chi connectivity index (χ2n) is 7.27. The van der Waals surface area contributed by atoms with Crippen LogP contribution in [-0.4, -0.2) is 42.0 Å². The summed E-state index contributed by atoms with van der Waals surface area (Å²) in [6, 6.07) is -0.309. The molecule has 0 aromatic rings. The molecule has 0 bridgehead atoms. The van der Waals surface area contributed by atoms with E-state index in [4.69, 9.17) is 14.3 Å². The fraction of sp³-hybridized carbons (Fsp3) is 0.750. The molecule has 22 heavy (non-hydrogen) atoms. The first-order chi connectivity index (χ1) is 10.0. The molecule has 6 nitrogen and oxygen atoms in total. The lowest BCUT2D eigenvalue weighted by Crippen LogP contribution is -2.44. The Labute approximate surface area is 132 Å². The molecule has 1 aliphatic heterocycles. The van der Waals surface area contributed by atoms with Crippen LogP contribution in [0.4, 0.5) is 4.79 Å². The fourth-order valence-electron chi connectivity index (χ4n) is 1.71. The highest BCUT2D eigenvalue weighted by molar-refractivity contribution is 5.75. The fourth-order valence-corrected chi connectivity index (χ4v) is 1.71. The summed E-state index contributed by atoms with van der Waals surface area (Å²) in [6.07, 6.45) is 3.61. The standard InChI is InChI=1S/C16H27NO5/c1-15(2,3)13(18)20-11-9-12-8-7-10-21-17(12)14(19)22-16(4,5)6/h7-8,12H,9-11H2,1-6H3. The summed E-state index contributed by atoms with van der Waals surface area (Å²) in [6.45, 7) is 11.3. The normalized spacial score (nSPS) is 19.0. The number of esters is 1. The van der Waals surface area contributed by atoms with Crippen LogP contribution in [0.5, 0.6) is 0 Å². The third kappa shape index (κ3) is 6.05. The summed E-state index contributed by atoms with van der Waals surface area (Å²) in [5.74, 6) is -0.267. The molecule has 0 spiro atoms. The average Bonchev–Trinajstić information content (AvgIpc) is 2.36. The first-order valence-corrected chi connectivity index (χ1v) is 7.50. The van der Waals surface area contributed by atoms with Gasteiger partial charge >= 0.3 is 12.1 Å². The van der Waals surface area contributed by atoms with E-state index in [1.54, 1.807) is 41.5 Å². The Morgan fingerprint density at radius 2 is 1.86 bits per heavy atom. The molecule has 1 amide bonds. The maximum Gasteiger partial charge on any atom is 0.435 e. The minimum Gasteiger partial charge on any atom is -0.465 e. The van der Waals surface area contributed by atoms with E-state index in [9.17, 15) is 9.59 Å². The minimum absolute atomic E-state index is 0.216. The van der Waals surface area contributed by atoms with Gasteiger partial charge in [-0.05, 0) is 41.5 Å². The summed E-state index contributed by atoms with van der Waals surface area (Å²) in [5, 5.41) is 1.20. The van der Waals surface area contributed by atoms with Crippen LogP contribution in [0.25, 0.3) is 0 Å². The lowest BCUT2D eigenvalue weighted by molar-refractivity contribution is -0.166. The van der Waals surface area contributed by atoms with Crippen LogP contribution in [0, 0.1) is 5.41 Å². The number of hydroxylamine groups is 2. The van der Waals surface area contributed by atoms with Crippen LogP contribution >= 0.6 is 0 Å². The molecule has 1 aliphatic rings. The molecule has 1 heterocycles. The molecule has 0 radical (unpaired) electrons. The van der Waals surface area contributed by atoms with E-state index in [2.05, 4.69) is 0 Å². The average molecular weight is 313 g/mol. The Bertz CT molecular complexity index is 431. The number of hydrogen-bond donors (Lipinski definition) is 0. The van der Waals surface area contributed by atoms with Crippen molar-refractivity contribution in [1.82, 2.24) is 5.06 Å². The van der Waals surface area contributed by atoms with Gasteiger partial charge in [-0.25, -0.2) is 4.79 Å². The predicted octanol–water partition coefficient (Wildman–Crippen LogP) is 3.07. The number of rotatable bonds is 3. The molecule has 0 saturated heterocycles. The topological polar surface area (TPSA) is 65.1 Å². The SMILES string of the molecule is CC(C)(C)OC(=O)N1OCC=CC1CCOC(=O)C(C)(C)C. The van der Waals surface area contributed by atoms with Gasteiger partial charge in [-0.1, -0.05) is 12.2 Å². The molecule has 0 N–H and O–H groups in total. The Hall–Kier alpha value is -1.56. The molecule has 0 aromatic heterocycles. The maximum atomic E-state index is 12.1. The Morgan fingerprint density at radius 1 is 1.23 bits per heavy atom. The van der Waals surface area contributed by atoms with Crippen LogP contribution in [0.1, 0.15) is 48.0 Å². The lowest BCUT2D eigenvalue weighted by Gasteiger charge is -2.32. The highest BCUT2D eigenvalue weighted by Crippen LogP contribution is 2.19. The van der Waals surface area contributed by atoms with Gasteiger partial charge in [0.1, 0.15) is 5.60 Å². The molecular weight excluding hydrogens is 286 g/mol. The molecular formula is C16H27NO5. The molecule has 0 aliphatic carbocycles. The van der Waals surface area contributed by atoms with Crippen molar-refractivity contribution in [2.24, 2.45) is 5.41 Å². The van der Waals surface area contributed by atoms with Crippen LogP contribution in [-0.2, 0) is 19.1 Å². The highest BCUT2D eigenvalue weighted by atomic mass is 16.7. The first-order valence-electron chi connectivity index (χ1n) is 7.50. The van der Waals surface area contributed by atoms with Crippen molar-refractivity contribution in [2.45, 2.75) is 59.6 Å². The van der Waals surface area contributed by atoms with Gasteiger partial charge in [0, 0.05) is 6.42 Å². The molecule has 1 unspecified atom stereocenters. The summed E-state index contributed by atoms with van der Waals surface area (Å²) in [7, 11) is 0. The Kier molecular flexibility index (Phi) is 6.00. The minimum atomic E-state index is -0.592. The molecule has 0 saturated carbocycles. The van der Waals surface area contributed by atoms with Gasteiger partial charge in [-0.3, -0.25) is 9.63 Å². The van der Waals surface area contributed by atoms with Crippen molar-refractivity contribution in [1.29, 1.82) is 0 Å². The number of carbonyl (C=O) groups excluding carboxylic acids is 2. The maximum absolute atomic E-state index is 12.1. The first kappa shape index (κ1) is 18.5. The second kappa shape index (κ2) is 7.13. The van der Waals surface area contributed by atoms with Gasteiger partial charge in [0.25, 0.3) is 0 Å². The van der Waals surface area contributed by atoms with Gasteiger partial charge in [-0.2, -0.15) is 5.06 Å². The third-order valence-electron chi connectivity index (χ3n) is 2.80. The molecule has 1 atom stereocenters. The monoisotopic (exact) mass is 313 g/mol. The van der Waals surface area contributed by atoms with Crippen LogP contribution in [0.2, 0.25) is 0 Å². The van der Waals surface area contributed by atoms with Crippen LogP contribution in [0.15, 0.2) is 12.2 Å². The zero-order valence-electron chi connectivity index (χ0n) is 14.3. The Morgan fingerprint density at radius 3 is 2.41 bits per heavy atom. The highest BCUT2D eigenvalue weighted by Gasteiger charge is 2.30. The van der Waals surface area contributed by atoms with E-state index in [0.717, 1.165) is 0 Å². The number of carbonyl (C=O) groups is 2. The molecule has 0 fully saturated rings. The summed E-state index contributed by atoms with van der Waals surface area (Å²) >= 11 is 0. The number of hydrogen-bond acceptors (Lipinski definition) is 5. The van der Waals surface area contributed by atoms with Crippen molar-refractivity contribution in [2.75, 3.05) is 13.2 Å². The van der Waals surface area contributed by atoms with Crippen molar-refractivity contribution in [3.63, 3.8) is 0 Å². The van der Waals surface area contributed by atoms with Crippen LogP contribution < -0.4 is 0 Å². The molecule has 0 aromatic carbocycles. The lowest BCUT2D eigenvalue weighted by atomic mass is 9.97. The summed E-state index contributed by atoms with van der Waals surface area (Å²) < 4.78 is 10.5. The van der Waals surface area contributed by atoms with E-state index in [1.165, 1.54) is 5.06 Å². The van der Waals surface area contributed by atoms with Crippen LogP contribution in [0.3, 0.4) is 0 Å². The Balaban J connectivity index is 2.56. The van der Waals surface area contributed by atoms with E-state index >= 15 is 0 Å². The quantitative estimate of drug-likeness (QED) is 0.592. The number of ether oxygens (including phenoxy) is 2. The van der Waals surface area contributed by atoms with Crippen molar-refractivity contribution in [3.05, 3.63) is 12.2 Å². The number of amides is 1. The predicted molar refractivity (Wildman–Crippen MR) is 82.0 cm³/mol. The smallest absolute Gasteiger partial charge is 0.435 e. The van der Waals surface area contributed by atoms with Crippen molar-refractivity contribution >= 4 is 12.1 Å². The summed E-state index contributed by atoms with van der Waals surface area (Å²) in [4.78, 5) is 29.2. The van der Waals surface area contributed by atoms with Gasteiger partial charge in [0.05, 0.1) is 24.7 Å². The third-order valence-corrected chi connectivity index (χ3v) is 2.80. The zero-order valence-corrected chi connectivity index (χ0v) is 14.3. The zero-order chi connectivity index (χ0) is 17.0. The van der Waals surface area contributed by atoms with E-state index in [0.29, 0.717) is 13.0 Å². The number of nitrogens with zero attached hydrogens (tertiary/aromatic N) is 1. The van der Waals surface area contributed by atoms with Crippen molar-refractivity contribution < 1.29 is 23.9 Å². The summed E-state index contributed by atoms with van der Waals surface area (Å²) in [5.41, 5.74) is -1.13. The van der Waals surface area contributed by atoms with Gasteiger partial charge < -0.3 is 9.47 Å². The van der Waals surface area contributed by atoms with Gasteiger partial charge in [0.15, 0.2) is 0 Å². The van der Waals surface area contributed by atoms with E-state index < -0.39 is 17.1 Å². The molecule has 126 valence electrons. The van der Waals surface area contributed by atoms with E-state index in [1.807, 2.05) is 12.2 Å². The second-order valence-corrected chi connectivity index (χ2v) is 7.27. The van der Waals surface area contributed by atoms with Gasteiger partial charge in [-0.15, -0.1) is 0 Å². The van der Waals surface area contributed by atoms with Gasteiger partial charge in [0.2, 0.25) is 0 Å². The van der Waals surface area contributed by atoms with Crippen molar-refractivity contribution in [3.8, 4) is 0 Å². The largest absolute Gasteiger partial charge is 0.465 e. The molecule has 1 rings (SSSR count). The van der Waals surface area contributed by atoms with E-state index in [-0.39, 0.29) is 18.6 Å².